The highest BCUT2D eigenvalue weighted by atomic mass is 19.4. The van der Waals surface area contributed by atoms with Crippen LogP contribution in [0.15, 0.2) is 18.2 Å². The standard InChI is InChI=1S/C12H13F6NO.C2HF3O2/c13-11(14,15)8-5-9(12(16,17)18)7-10(6-8)20-4-2-1-3-19;3-2(4,5)1(6)7/h5-7H,1-4,19H2;(H,6,7). The monoisotopic (exact) mass is 415 g/mol. The molecule has 13 heteroatoms. The third-order valence-corrected chi connectivity index (χ3v) is 2.67. The van der Waals surface area contributed by atoms with Gasteiger partial charge < -0.3 is 15.6 Å². The maximum Gasteiger partial charge on any atom is 0.490 e. The van der Waals surface area contributed by atoms with E-state index in [-0.39, 0.29) is 12.7 Å². The highest BCUT2D eigenvalue weighted by molar-refractivity contribution is 5.73. The second-order valence-corrected chi connectivity index (χ2v) is 4.89. The zero-order chi connectivity index (χ0) is 21.5. The van der Waals surface area contributed by atoms with E-state index in [0.29, 0.717) is 31.5 Å². The van der Waals surface area contributed by atoms with Crippen molar-refractivity contribution in [1.82, 2.24) is 0 Å². The SMILES string of the molecule is NCCCCOc1cc(C(F)(F)F)cc(C(F)(F)F)c1.O=C(O)C(F)(F)F. The van der Waals surface area contributed by atoms with E-state index in [1.54, 1.807) is 0 Å². The summed E-state index contributed by atoms with van der Waals surface area (Å²) in [6.45, 7) is 0.384. The Balaban J connectivity index is 0.000000821. The minimum atomic E-state index is -5.08. The predicted octanol–water partition coefficient (Wildman–Crippen LogP) is 4.48. The number of halogens is 9. The van der Waals surface area contributed by atoms with Gasteiger partial charge in [0.05, 0.1) is 17.7 Å². The molecule has 0 saturated heterocycles. The molecule has 0 saturated carbocycles. The van der Waals surface area contributed by atoms with Gasteiger partial charge in [-0.15, -0.1) is 0 Å². The first-order chi connectivity index (χ1) is 12.1. The van der Waals surface area contributed by atoms with Crippen molar-refractivity contribution in [3.8, 4) is 5.75 Å². The van der Waals surface area contributed by atoms with Gasteiger partial charge >= 0.3 is 24.5 Å². The smallest absolute Gasteiger partial charge is 0.490 e. The summed E-state index contributed by atoms with van der Waals surface area (Å²) in [4.78, 5) is 8.90. The quantitative estimate of drug-likeness (QED) is 0.550. The average Bonchev–Trinajstić information content (AvgIpc) is 2.49. The summed E-state index contributed by atoms with van der Waals surface area (Å²) in [5, 5.41) is 7.12. The molecule has 0 amide bonds. The minimum absolute atomic E-state index is 0.00973. The molecule has 0 fully saturated rings. The van der Waals surface area contributed by atoms with Gasteiger partial charge in [0.2, 0.25) is 0 Å². The lowest BCUT2D eigenvalue weighted by atomic mass is 10.1. The largest absolute Gasteiger partial charge is 0.494 e. The van der Waals surface area contributed by atoms with Crippen molar-refractivity contribution in [2.45, 2.75) is 31.4 Å². The highest BCUT2D eigenvalue weighted by Crippen LogP contribution is 2.38. The van der Waals surface area contributed by atoms with Crippen LogP contribution in [0.2, 0.25) is 0 Å². The number of carboxylic acids is 1. The summed E-state index contributed by atoms with van der Waals surface area (Å²) in [7, 11) is 0. The second kappa shape index (κ2) is 9.67. The number of carboxylic acid groups (broad SMARTS) is 1. The average molecular weight is 415 g/mol. The fourth-order valence-electron chi connectivity index (χ4n) is 1.45. The van der Waals surface area contributed by atoms with Gasteiger partial charge in [0.1, 0.15) is 5.75 Å². The molecule has 1 rings (SSSR count). The number of rotatable bonds is 5. The molecule has 0 aromatic heterocycles. The van der Waals surface area contributed by atoms with E-state index >= 15 is 0 Å². The first-order valence-electron chi connectivity index (χ1n) is 7.01. The van der Waals surface area contributed by atoms with E-state index < -0.39 is 41.4 Å². The normalized spacial score (nSPS) is 12.2. The number of ether oxygens (including phenoxy) is 1. The molecule has 0 aliphatic heterocycles. The van der Waals surface area contributed by atoms with Crippen molar-refractivity contribution in [3.63, 3.8) is 0 Å². The van der Waals surface area contributed by atoms with E-state index in [2.05, 4.69) is 0 Å². The van der Waals surface area contributed by atoms with E-state index in [0.717, 1.165) is 0 Å². The zero-order valence-electron chi connectivity index (χ0n) is 13.3. The number of benzene rings is 1. The number of nitrogens with two attached hydrogens (primary N) is 1. The van der Waals surface area contributed by atoms with Gasteiger partial charge in [0.25, 0.3) is 0 Å². The fraction of sp³-hybridized carbons (Fsp3) is 0.500. The van der Waals surface area contributed by atoms with Crippen LogP contribution in [0.5, 0.6) is 5.75 Å². The molecule has 0 heterocycles. The lowest BCUT2D eigenvalue weighted by Gasteiger charge is -2.14. The van der Waals surface area contributed by atoms with Gasteiger partial charge in [0.15, 0.2) is 0 Å². The van der Waals surface area contributed by atoms with E-state index in [1.807, 2.05) is 0 Å². The van der Waals surface area contributed by atoms with Gasteiger partial charge in [0, 0.05) is 0 Å². The molecule has 0 bridgehead atoms. The first-order valence-corrected chi connectivity index (χ1v) is 7.01. The van der Waals surface area contributed by atoms with Crippen molar-refractivity contribution >= 4 is 5.97 Å². The first kappa shape index (κ1) is 24.8. The molecule has 1 aromatic carbocycles. The zero-order valence-corrected chi connectivity index (χ0v) is 13.3. The predicted molar refractivity (Wildman–Crippen MR) is 73.9 cm³/mol. The summed E-state index contributed by atoms with van der Waals surface area (Å²) < 4.78 is 112. The van der Waals surface area contributed by atoms with Gasteiger partial charge in [-0.25, -0.2) is 4.79 Å². The maximum atomic E-state index is 12.5. The number of hydrogen-bond donors (Lipinski definition) is 2. The molecule has 1 aromatic rings. The highest BCUT2D eigenvalue weighted by Gasteiger charge is 2.38. The number of aliphatic carboxylic acids is 1. The fourth-order valence-corrected chi connectivity index (χ4v) is 1.45. The van der Waals surface area contributed by atoms with Crippen LogP contribution < -0.4 is 10.5 Å². The molecular weight excluding hydrogens is 401 g/mol. The minimum Gasteiger partial charge on any atom is -0.494 e. The van der Waals surface area contributed by atoms with Crippen LogP contribution in [-0.2, 0) is 17.1 Å². The summed E-state index contributed by atoms with van der Waals surface area (Å²) in [6, 6.07) is 1.17. The van der Waals surface area contributed by atoms with Crippen LogP contribution in [-0.4, -0.2) is 30.4 Å². The lowest BCUT2D eigenvalue weighted by molar-refractivity contribution is -0.192. The van der Waals surface area contributed by atoms with Crippen molar-refractivity contribution in [1.29, 1.82) is 0 Å². The summed E-state index contributed by atoms with van der Waals surface area (Å²) in [5.41, 5.74) is 2.44. The molecular formula is C14H14F9NO3. The Bertz CT molecular complexity index is 577. The number of alkyl halides is 9. The van der Waals surface area contributed by atoms with Gasteiger partial charge in [-0.1, -0.05) is 0 Å². The van der Waals surface area contributed by atoms with Crippen molar-refractivity contribution in [2.75, 3.05) is 13.2 Å². The molecule has 4 nitrogen and oxygen atoms in total. The number of hydrogen-bond acceptors (Lipinski definition) is 3. The van der Waals surface area contributed by atoms with Gasteiger partial charge in [-0.05, 0) is 37.6 Å². The van der Waals surface area contributed by atoms with Gasteiger partial charge in [-0.3, -0.25) is 0 Å². The van der Waals surface area contributed by atoms with Crippen molar-refractivity contribution in [3.05, 3.63) is 29.3 Å². The molecule has 3 N–H and O–H groups in total. The lowest BCUT2D eigenvalue weighted by Crippen LogP contribution is -2.21. The van der Waals surface area contributed by atoms with Crippen LogP contribution in [0.1, 0.15) is 24.0 Å². The Morgan fingerprint density at radius 3 is 1.59 bits per heavy atom. The molecule has 0 aliphatic rings. The molecule has 27 heavy (non-hydrogen) atoms. The van der Waals surface area contributed by atoms with Crippen molar-refractivity contribution in [2.24, 2.45) is 5.73 Å². The third kappa shape index (κ3) is 9.92. The number of unbranched alkanes of at least 4 members (excludes halogenated alkanes) is 1. The van der Waals surface area contributed by atoms with Crippen LogP contribution in [0.4, 0.5) is 39.5 Å². The van der Waals surface area contributed by atoms with Crippen LogP contribution in [0, 0.1) is 0 Å². The number of carbonyl (C=O) groups is 1. The molecule has 0 radical (unpaired) electrons. The Morgan fingerprint density at radius 1 is 0.889 bits per heavy atom. The summed E-state index contributed by atoms with van der Waals surface area (Å²) in [5.74, 6) is -3.21. The second-order valence-electron chi connectivity index (χ2n) is 4.89. The Morgan fingerprint density at radius 2 is 1.30 bits per heavy atom. The van der Waals surface area contributed by atoms with Crippen LogP contribution in [0.25, 0.3) is 0 Å². The third-order valence-electron chi connectivity index (χ3n) is 2.67. The van der Waals surface area contributed by atoms with E-state index in [4.69, 9.17) is 20.4 Å². The van der Waals surface area contributed by atoms with Crippen molar-refractivity contribution < 1.29 is 54.2 Å². The Hall–Kier alpha value is -2.18. The topological polar surface area (TPSA) is 72.5 Å². The van der Waals surface area contributed by atoms with E-state index in [9.17, 15) is 39.5 Å². The van der Waals surface area contributed by atoms with E-state index in [1.165, 1.54) is 0 Å². The molecule has 0 atom stereocenters. The van der Waals surface area contributed by atoms with Gasteiger partial charge in [-0.2, -0.15) is 39.5 Å². The molecule has 0 spiro atoms. The Kier molecular flexibility index (Phi) is 8.89. The summed E-state index contributed by atoms with van der Waals surface area (Å²) in [6.07, 6.45) is -13.8. The molecule has 0 aliphatic carbocycles. The maximum absolute atomic E-state index is 12.5. The Labute approximate surface area is 146 Å². The molecule has 0 unspecified atom stereocenters. The summed E-state index contributed by atoms with van der Waals surface area (Å²) >= 11 is 0. The van der Waals surface area contributed by atoms with Crippen LogP contribution in [0.3, 0.4) is 0 Å². The molecule has 156 valence electrons. The van der Waals surface area contributed by atoms with Crippen LogP contribution >= 0.6 is 0 Å².